The summed E-state index contributed by atoms with van der Waals surface area (Å²) in [6.45, 7) is -0.0731. The van der Waals surface area contributed by atoms with Gasteiger partial charge in [-0.05, 0) is 51.8 Å². The van der Waals surface area contributed by atoms with Gasteiger partial charge in [0, 0.05) is 6.07 Å². The molecular formula is C14H9BrF2O3. The summed E-state index contributed by atoms with van der Waals surface area (Å²) in [7, 11) is 0. The number of halogens is 3. The zero-order valence-corrected chi connectivity index (χ0v) is 11.7. The normalized spacial score (nSPS) is 10.3. The van der Waals surface area contributed by atoms with Crippen LogP contribution in [0.3, 0.4) is 0 Å². The third-order valence-electron chi connectivity index (χ3n) is 2.49. The van der Waals surface area contributed by atoms with E-state index in [1.807, 2.05) is 0 Å². The van der Waals surface area contributed by atoms with Crippen molar-refractivity contribution in [3.63, 3.8) is 0 Å². The molecule has 0 aliphatic carbocycles. The van der Waals surface area contributed by atoms with Gasteiger partial charge in [0.05, 0.1) is 10.0 Å². The first-order valence-electron chi connectivity index (χ1n) is 5.56. The molecule has 0 heterocycles. The number of rotatable bonds is 4. The van der Waals surface area contributed by atoms with Crippen molar-refractivity contribution in [2.24, 2.45) is 0 Å². The number of carboxylic acid groups (broad SMARTS) is 1. The average molecular weight is 343 g/mol. The Morgan fingerprint density at radius 3 is 2.40 bits per heavy atom. The summed E-state index contributed by atoms with van der Waals surface area (Å²) in [5.74, 6) is -2.18. The zero-order valence-electron chi connectivity index (χ0n) is 10.1. The molecule has 0 spiro atoms. The van der Waals surface area contributed by atoms with E-state index in [4.69, 9.17) is 9.84 Å². The fraction of sp³-hybridized carbons (Fsp3) is 0.0714. The monoisotopic (exact) mass is 342 g/mol. The summed E-state index contributed by atoms with van der Waals surface area (Å²) < 4.78 is 32.0. The van der Waals surface area contributed by atoms with Crippen molar-refractivity contribution < 1.29 is 23.4 Å². The van der Waals surface area contributed by atoms with Crippen molar-refractivity contribution in [2.45, 2.75) is 6.61 Å². The van der Waals surface area contributed by atoms with Crippen molar-refractivity contribution in [3.05, 3.63) is 63.6 Å². The number of hydrogen-bond acceptors (Lipinski definition) is 2. The molecule has 0 saturated carbocycles. The first kappa shape index (κ1) is 14.5. The number of hydrogen-bond donors (Lipinski definition) is 1. The van der Waals surface area contributed by atoms with Crippen LogP contribution in [0.1, 0.15) is 15.9 Å². The van der Waals surface area contributed by atoms with E-state index in [9.17, 15) is 13.6 Å². The fourth-order valence-corrected chi connectivity index (χ4v) is 1.96. The van der Waals surface area contributed by atoms with Crippen LogP contribution in [0.2, 0.25) is 0 Å². The second-order valence-corrected chi connectivity index (χ2v) is 4.87. The third kappa shape index (κ3) is 3.54. The SMILES string of the molecule is O=C(O)c1ccc(Br)c(OCc2cc(F)cc(F)c2)c1. The molecule has 0 aliphatic rings. The Hall–Kier alpha value is -1.95. The lowest BCUT2D eigenvalue weighted by molar-refractivity contribution is 0.0696. The number of ether oxygens (including phenoxy) is 1. The third-order valence-corrected chi connectivity index (χ3v) is 3.15. The molecule has 104 valence electrons. The van der Waals surface area contributed by atoms with Crippen LogP contribution in [-0.4, -0.2) is 11.1 Å². The van der Waals surface area contributed by atoms with E-state index in [2.05, 4.69) is 15.9 Å². The van der Waals surface area contributed by atoms with Gasteiger partial charge in [-0.1, -0.05) is 0 Å². The van der Waals surface area contributed by atoms with Crippen molar-refractivity contribution in [1.82, 2.24) is 0 Å². The molecule has 1 N–H and O–H groups in total. The van der Waals surface area contributed by atoms with Gasteiger partial charge in [0.25, 0.3) is 0 Å². The number of carboxylic acids is 1. The maximum atomic E-state index is 13.0. The number of carbonyl (C=O) groups is 1. The van der Waals surface area contributed by atoms with Crippen LogP contribution >= 0.6 is 15.9 Å². The van der Waals surface area contributed by atoms with Crippen LogP contribution in [0, 0.1) is 11.6 Å². The first-order valence-corrected chi connectivity index (χ1v) is 6.35. The van der Waals surface area contributed by atoms with Crippen LogP contribution in [0.15, 0.2) is 40.9 Å². The molecule has 20 heavy (non-hydrogen) atoms. The standard InChI is InChI=1S/C14H9BrF2O3/c15-12-2-1-9(14(18)19)5-13(12)20-7-8-3-10(16)6-11(17)4-8/h1-6H,7H2,(H,18,19). The van der Waals surface area contributed by atoms with Crippen LogP contribution < -0.4 is 4.74 Å². The molecular weight excluding hydrogens is 334 g/mol. The average Bonchev–Trinajstić information content (AvgIpc) is 2.36. The summed E-state index contributed by atoms with van der Waals surface area (Å²) >= 11 is 3.22. The molecule has 0 unspecified atom stereocenters. The van der Waals surface area contributed by atoms with E-state index in [-0.39, 0.29) is 17.9 Å². The maximum Gasteiger partial charge on any atom is 0.335 e. The lowest BCUT2D eigenvalue weighted by Crippen LogP contribution is -2.01. The Balaban J connectivity index is 2.18. The highest BCUT2D eigenvalue weighted by Crippen LogP contribution is 2.27. The molecule has 2 aromatic rings. The highest BCUT2D eigenvalue weighted by molar-refractivity contribution is 9.10. The Labute approximate surface area is 121 Å². The molecule has 2 rings (SSSR count). The molecule has 0 aromatic heterocycles. The minimum Gasteiger partial charge on any atom is -0.488 e. The van der Waals surface area contributed by atoms with Gasteiger partial charge in [0.15, 0.2) is 0 Å². The molecule has 2 aromatic carbocycles. The fourth-order valence-electron chi connectivity index (χ4n) is 1.60. The lowest BCUT2D eigenvalue weighted by Gasteiger charge is -2.09. The van der Waals surface area contributed by atoms with Gasteiger partial charge in [-0.3, -0.25) is 0 Å². The quantitative estimate of drug-likeness (QED) is 0.913. The van der Waals surface area contributed by atoms with Gasteiger partial charge in [-0.2, -0.15) is 0 Å². The van der Waals surface area contributed by atoms with Crippen LogP contribution in [0.5, 0.6) is 5.75 Å². The van der Waals surface area contributed by atoms with E-state index in [1.54, 1.807) is 0 Å². The smallest absolute Gasteiger partial charge is 0.335 e. The highest BCUT2D eigenvalue weighted by atomic mass is 79.9. The first-order chi connectivity index (χ1) is 9.45. The minimum absolute atomic E-state index is 0.0635. The van der Waals surface area contributed by atoms with Crippen molar-refractivity contribution >= 4 is 21.9 Å². The van der Waals surface area contributed by atoms with E-state index in [1.165, 1.54) is 18.2 Å². The molecule has 0 atom stereocenters. The van der Waals surface area contributed by atoms with Gasteiger partial charge in [-0.15, -0.1) is 0 Å². The minimum atomic E-state index is -1.08. The van der Waals surface area contributed by atoms with E-state index in [0.717, 1.165) is 18.2 Å². The Morgan fingerprint density at radius 2 is 1.80 bits per heavy atom. The van der Waals surface area contributed by atoms with Gasteiger partial charge in [0.1, 0.15) is 24.0 Å². The van der Waals surface area contributed by atoms with Crippen LogP contribution in [0.4, 0.5) is 8.78 Å². The molecule has 0 fully saturated rings. The zero-order chi connectivity index (χ0) is 14.7. The van der Waals surface area contributed by atoms with Gasteiger partial charge >= 0.3 is 5.97 Å². The molecule has 3 nitrogen and oxygen atoms in total. The molecule has 0 radical (unpaired) electrons. The van der Waals surface area contributed by atoms with Crippen LogP contribution in [-0.2, 0) is 6.61 Å². The molecule has 6 heteroatoms. The molecule has 0 amide bonds. The number of benzene rings is 2. The summed E-state index contributed by atoms with van der Waals surface area (Å²) in [6, 6.07) is 7.36. The molecule has 0 bridgehead atoms. The van der Waals surface area contributed by atoms with Gasteiger partial charge in [0.2, 0.25) is 0 Å². The predicted molar refractivity (Wildman–Crippen MR) is 71.8 cm³/mol. The van der Waals surface area contributed by atoms with Crippen molar-refractivity contribution in [1.29, 1.82) is 0 Å². The van der Waals surface area contributed by atoms with Crippen molar-refractivity contribution in [2.75, 3.05) is 0 Å². The lowest BCUT2D eigenvalue weighted by atomic mass is 10.2. The predicted octanol–water partition coefficient (Wildman–Crippen LogP) is 4.00. The van der Waals surface area contributed by atoms with Crippen LogP contribution in [0.25, 0.3) is 0 Å². The summed E-state index contributed by atoms with van der Waals surface area (Å²) in [6.07, 6.45) is 0. The Bertz CT molecular complexity index is 639. The largest absolute Gasteiger partial charge is 0.488 e. The summed E-state index contributed by atoms with van der Waals surface area (Å²) in [5.41, 5.74) is 0.378. The molecule has 0 saturated heterocycles. The summed E-state index contributed by atoms with van der Waals surface area (Å²) in [4.78, 5) is 10.9. The van der Waals surface area contributed by atoms with Crippen molar-refractivity contribution in [3.8, 4) is 5.75 Å². The summed E-state index contributed by atoms with van der Waals surface area (Å²) in [5, 5.41) is 8.89. The maximum absolute atomic E-state index is 13.0. The van der Waals surface area contributed by atoms with Gasteiger partial charge in [-0.25, -0.2) is 13.6 Å². The van der Waals surface area contributed by atoms with E-state index in [0.29, 0.717) is 10.0 Å². The van der Waals surface area contributed by atoms with Gasteiger partial charge < -0.3 is 9.84 Å². The van der Waals surface area contributed by atoms with E-state index < -0.39 is 17.6 Å². The Morgan fingerprint density at radius 1 is 1.15 bits per heavy atom. The number of aromatic carboxylic acids is 1. The topological polar surface area (TPSA) is 46.5 Å². The second-order valence-electron chi connectivity index (χ2n) is 4.02. The highest BCUT2D eigenvalue weighted by Gasteiger charge is 2.09. The second kappa shape index (κ2) is 6.00. The van der Waals surface area contributed by atoms with E-state index >= 15 is 0 Å². The molecule has 0 aliphatic heterocycles. The Kier molecular flexibility index (Phi) is 4.34.